The number of carbonyl (C=O) groups is 1. The fraction of sp³-hybridized carbons (Fsp3) is 0.158. The van der Waals surface area contributed by atoms with Gasteiger partial charge in [-0.3, -0.25) is 4.79 Å². The number of oxazole rings is 1. The fourth-order valence-corrected chi connectivity index (χ4v) is 2.37. The van der Waals surface area contributed by atoms with E-state index in [1.54, 1.807) is 24.3 Å². The summed E-state index contributed by atoms with van der Waals surface area (Å²) in [5, 5.41) is 12.0. The van der Waals surface area contributed by atoms with E-state index in [4.69, 9.17) is 4.42 Å². The summed E-state index contributed by atoms with van der Waals surface area (Å²) in [6.45, 7) is 1.78. The molecule has 0 unspecified atom stereocenters. The van der Waals surface area contributed by atoms with Gasteiger partial charge in [0, 0.05) is 11.3 Å². The molecule has 2 aromatic carbocycles. The van der Waals surface area contributed by atoms with Gasteiger partial charge in [-0.05, 0) is 48.4 Å². The molecule has 6 heteroatoms. The number of anilines is 1. The topological polar surface area (TPSA) is 75.4 Å². The second-order valence-electron chi connectivity index (χ2n) is 5.68. The molecule has 3 rings (SSSR count). The lowest BCUT2D eigenvalue weighted by atomic mass is 10.1. The van der Waals surface area contributed by atoms with Crippen molar-refractivity contribution in [2.24, 2.45) is 0 Å². The standard InChI is InChI=1S/C19H17FN2O3/c1-12-2-3-13(10-23)8-17(12)22-18(24)9-16-11-25-19(21-16)14-4-6-15(20)7-5-14/h2-8,11,23H,9-10H2,1H3,(H,22,24). The Bertz CT molecular complexity index is 888. The number of nitrogens with zero attached hydrogens (tertiary/aromatic N) is 1. The zero-order valence-corrected chi connectivity index (χ0v) is 13.6. The Morgan fingerprint density at radius 2 is 2.00 bits per heavy atom. The van der Waals surface area contributed by atoms with Crippen LogP contribution in [-0.4, -0.2) is 16.0 Å². The third-order valence-electron chi connectivity index (χ3n) is 3.74. The average molecular weight is 340 g/mol. The first-order chi connectivity index (χ1) is 12.0. The Kier molecular flexibility index (Phi) is 4.90. The van der Waals surface area contributed by atoms with E-state index in [1.165, 1.54) is 18.4 Å². The predicted molar refractivity (Wildman–Crippen MR) is 91.3 cm³/mol. The van der Waals surface area contributed by atoms with Crippen molar-refractivity contribution in [3.63, 3.8) is 0 Å². The largest absolute Gasteiger partial charge is 0.444 e. The van der Waals surface area contributed by atoms with E-state index in [2.05, 4.69) is 10.3 Å². The van der Waals surface area contributed by atoms with Crippen molar-refractivity contribution in [2.45, 2.75) is 20.0 Å². The van der Waals surface area contributed by atoms with E-state index in [9.17, 15) is 14.3 Å². The minimum Gasteiger partial charge on any atom is -0.444 e. The van der Waals surface area contributed by atoms with Crippen molar-refractivity contribution in [1.82, 2.24) is 4.98 Å². The molecule has 3 aromatic rings. The van der Waals surface area contributed by atoms with Gasteiger partial charge in [0.05, 0.1) is 18.7 Å². The van der Waals surface area contributed by atoms with Gasteiger partial charge in [-0.25, -0.2) is 9.37 Å². The lowest BCUT2D eigenvalue weighted by Crippen LogP contribution is -2.15. The Balaban J connectivity index is 1.69. The number of halogens is 1. The number of hydrogen-bond donors (Lipinski definition) is 2. The summed E-state index contributed by atoms with van der Waals surface area (Å²) in [6, 6.07) is 11.1. The predicted octanol–water partition coefficient (Wildman–Crippen LogP) is 3.46. The van der Waals surface area contributed by atoms with Crippen LogP contribution in [0.15, 0.2) is 53.1 Å². The molecule has 2 N–H and O–H groups in total. The lowest BCUT2D eigenvalue weighted by Gasteiger charge is -2.09. The summed E-state index contributed by atoms with van der Waals surface area (Å²) in [7, 11) is 0. The van der Waals surface area contributed by atoms with E-state index in [-0.39, 0.29) is 24.8 Å². The summed E-state index contributed by atoms with van der Waals surface area (Å²) >= 11 is 0. The molecule has 1 heterocycles. The zero-order chi connectivity index (χ0) is 17.8. The molecule has 0 aliphatic heterocycles. The third kappa shape index (κ3) is 4.10. The molecule has 0 fully saturated rings. The number of nitrogens with one attached hydrogen (secondary N) is 1. The summed E-state index contributed by atoms with van der Waals surface area (Å²) in [4.78, 5) is 16.5. The maximum atomic E-state index is 13.0. The Hall–Kier alpha value is -2.99. The lowest BCUT2D eigenvalue weighted by molar-refractivity contribution is -0.115. The van der Waals surface area contributed by atoms with Crippen LogP contribution in [0, 0.1) is 12.7 Å². The second kappa shape index (κ2) is 7.27. The number of benzene rings is 2. The van der Waals surface area contributed by atoms with Crippen molar-refractivity contribution in [1.29, 1.82) is 0 Å². The molecule has 25 heavy (non-hydrogen) atoms. The van der Waals surface area contributed by atoms with Gasteiger partial charge in [-0.2, -0.15) is 0 Å². The number of rotatable bonds is 5. The minimum atomic E-state index is -0.338. The average Bonchev–Trinajstić information content (AvgIpc) is 3.06. The minimum absolute atomic E-state index is 0.0491. The molecule has 0 spiro atoms. The van der Waals surface area contributed by atoms with E-state index < -0.39 is 0 Å². The number of aromatic nitrogens is 1. The first kappa shape index (κ1) is 16.9. The molecule has 1 aromatic heterocycles. The van der Waals surface area contributed by atoms with Gasteiger partial charge in [0.2, 0.25) is 11.8 Å². The van der Waals surface area contributed by atoms with Gasteiger partial charge in [-0.1, -0.05) is 12.1 Å². The number of aliphatic hydroxyl groups excluding tert-OH is 1. The van der Waals surface area contributed by atoms with Crippen molar-refractivity contribution >= 4 is 11.6 Å². The van der Waals surface area contributed by atoms with Gasteiger partial charge >= 0.3 is 0 Å². The molecule has 0 aliphatic rings. The van der Waals surface area contributed by atoms with Crippen LogP contribution in [0.4, 0.5) is 10.1 Å². The van der Waals surface area contributed by atoms with E-state index >= 15 is 0 Å². The van der Waals surface area contributed by atoms with E-state index in [1.807, 2.05) is 13.0 Å². The molecular formula is C19H17FN2O3. The van der Waals surface area contributed by atoms with Crippen LogP contribution in [0.3, 0.4) is 0 Å². The number of aryl methyl sites for hydroxylation is 1. The Labute approximate surface area is 144 Å². The third-order valence-corrected chi connectivity index (χ3v) is 3.74. The van der Waals surface area contributed by atoms with Crippen molar-refractivity contribution in [2.75, 3.05) is 5.32 Å². The normalized spacial score (nSPS) is 10.7. The Morgan fingerprint density at radius 1 is 1.24 bits per heavy atom. The highest BCUT2D eigenvalue weighted by atomic mass is 19.1. The summed E-state index contributed by atoms with van der Waals surface area (Å²) in [6.07, 6.45) is 1.46. The zero-order valence-electron chi connectivity index (χ0n) is 13.6. The SMILES string of the molecule is Cc1ccc(CO)cc1NC(=O)Cc1coc(-c2ccc(F)cc2)n1. The van der Waals surface area contributed by atoms with Crippen LogP contribution in [0.25, 0.3) is 11.5 Å². The van der Waals surface area contributed by atoms with Gasteiger partial charge in [0.25, 0.3) is 0 Å². The molecule has 128 valence electrons. The highest BCUT2D eigenvalue weighted by Crippen LogP contribution is 2.20. The van der Waals surface area contributed by atoms with Crippen molar-refractivity contribution in [3.05, 3.63) is 71.4 Å². The maximum Gasteiger partial charge on any atom is 0.230 e. The van der Waals surface area contributed by atoms with Gasteiger partial charge < -0.3 is 14.8 Å². The molecule has 0 saturated carbocycles. The first-order valence-corrected chi connectivity index (χ1v) is 7.76. The Morgan fingerprint density at radius 3 is 2.72 bits per heavy atom. The fourth-order valence-electron chi connectivity index (χ4n) is 2.37. The first-order valence-electron chi connectivity index (χ1n) is 7.76. The summed E-state index contributed by atoms with van der Waals surface area (Å²) < 4.78 is 18.3. The summed E-state index contributed by atoms with van der Waals surface area (Å²) in [5.41, 5.74) is 3.39. The number of hydrogen-bond acceptors (Lipinski definition) is 4. The summed E-state index contributed by atoms with van der Waals surface area (Å²) in [5.74, 6) is -0.242. The smallest absolute Gasteiger partial charge is 0.230 e. The molecule has 0 saturated heterocycles. The van der Waals surface area contributed by atoms with Crippen LogP contribution in [0.2, 0.25) is 0 Å². The highest BCUT2D eigenvalue weighted by molar-refractivity contribution is 5.92. The highest BCUT2D eigenvalue weighted by Gasteiger charge is 2.12. The van der Waals surface area contributed by atoms with Gasteiger partial charge in [0.15, 0.2) is 0 Å². The maximum absolute atomic E-state index is 13.0. The second-order valence-corrected chi connectivity index (χ2v) is 5.68. The number of carbonyl (C=O) groups excluding carboxylic acids is 1. The molecule has 1 amide bonds. The molecule has 0 radical (unpaired) electrons. The van der Waals surface area contributed by atoms with Crippen LogP contribution in [0.5, 0.6) is 0 Å². The van der Waals surface area contributed by atoms with Crippen LogP contribution in [-0.2, 0) is 17.8 Å². The number of amides is 1. The van der Waals surface area contributed by atoms with Crippen LogP contribution >= 0.6 is 0 Å². The van der Waals surface area contributed by atoms with Gasteiger partial charge in [0.1, 0.15) is 12.1 Å². The number of aliphatic hydroxyl groups is 1. The quantitative estimate of drug-likeness (QED) is 0.746. The molecular weight excluding hydrogens is 323 g/mol. The van der Waals surface area contributed by atoms with Crippen LogP contribution < -0.4 is 5.32 Å². The van der Waals surface area contributed by atoms with Crippen molar-refractivity contribution < 1.29 is 18.7 Å². The van der Waals surface area contributed by atoms with Gasteiger partial charge in [-0.15, -0.1) is 0 Å². The van der Waals surface area contributed by atoms with E-state index in [0.717, 1.165) is 11.1 Å². The van der Waals surface area contributed by atoms with Crippen LogP contribution in [0.1, 0.15) is 16.8 Å². The molecule has 0 bridgehead atoms. The van der Waals surface area contributed by atoms with E-state index in [0.29, 0.717) is 22.8 Å². The monoisotopic (exact) mass is 340 g/mol. The molecule has 5 nitrogen and oxygen atoms in total. The van der Waals surface area contributed by atoms with Crippen molar-refractivity contribution in [3.8, 4) is 11.5 Å². The molecule has 0 aliphatic carbocycles. The molecule has 0 atom stereocenters.